The van der Waals surface area contributed by atoms with Gasteiger partial charge < -0.3 is 15.2 Å². The summed E-state index contributed by atoms with van der Waals surface area (Å²) in [6, 6.07) is 8.32. The number of nitrogens with zero attached hydrogens (tertiary/aromatic N) is 1. The highest BCUT2D eigenvalue weighted by atomic mass is 32.1. The summed E-state index contributed by atoms with van der Waals surface area (Å²) in [6.45, 7) is 11.6. The molecule has 0 aliphatic rings. The largest absolute Gasteiger partial charge is 0.349 e. The topological polar surface area (TPSA) is 79.3 Å². The molecule has 0 bridgehead atoms. The molecule has 154 valence electrons. The predicted octanol–water partition coefficient (Wildman–Crippen LogP) is 2.20. The quantitative estimate of drug-likeness (QED) is 0.556. The van der Waals surface area contributed by atoms with Gasteiger partial charge in [-0.1, -0.05) is 29.8 Å². The fraction of sp³-hybridized carbons (Fsp3) is 0.409. The molecule has 0 aliphatic heterocycles. The zero-order valence-electron chi connectivity index (χ0n) is 17.7. The lowest BCUT2D eigenvalue weighted by Gasteiger charge is -2.17. The molecular weight excluding hydrogens is 384 g/mol. The van der Waals surface area contributed by atoms with Gasteiger partial charge in [0, 0.05) is 16.5 Å². The Morgan fingerprint density at radius 3 is 2.55 bits per heavy atom. The van der Waals surface area contributed by atoms with E-state index in [-0.39, 0.29) is 17.5 Å². The molecule has 0 saturated carbocycles. The Labute approximate surface area is 175 Å². The van der Waals surface area contributed by atoms with Crippen LogP contribution < -0.4 is 15.8 Å². The number of H-pyrrole nitrogens is 1. The highest BCUT2D eigenvalue weighted by molar-refractivity contribution is 7.19. The van der Waals surface area contributed by atoms with E-state index in [9.17, 15) is 9.59 Å². The molecule has 0 radical (unpaired) electrons. The minimum atomic E-state index is -0.119. The van der Waals surface area contributed by atoms with Crippen LogP contribution in [0.4, 0.5) is 0 Å². The number of thiophene rings is 1. The molecule has 6 nitrogen and oxygen atoms in total. The first-order chi connectivity index (χ1) is 13.8. The van der Waals surface area contributed by atoms with Crippen LogP contribution in [0, 0.1) is 13.8 Å². The third-order valence-corrected chi connectivity index (χ3v) is 5.90. The Bertz CT molecular complexity index is 1070. The number of hydrogen-bond acceptors (Lipinski definition) is 4. The highest BCUT2D eigenvalue weighted by Crippen LogP contribution is 2.35. The lowest BCUT2D eigenvalue weighted by Crippen LogP contribution is -3.11. The summed E-state index contributed by atoms with van der Waals surface area (Å²) >= 11 is 1.54. The third-order valence-electron chi connectivity index (χ3n) is 4.90. The Morgan fingerprint density at radius 1 is 1.24 bits per heavy atom. The van der Waals surface area contributed by atoms with Crippen molar-refractivity contribution in [2.75, 3.05) is 13.1 Å². The third kappa shape index (κ3) is 4.92. The molecule has 0 fully saturated rings. The monoisotopic (exact) mass is 413 g/mol. The van der Waals surface area contributed by atoms with Crippen molar-refractivity contribution >= 4 is 27.5 Å². The van der Waals surface area contributed by atoms with Crippen molar-refractivity contribution in [2.24, 2.45) is 0 Å². The number of rotatable bonds is 7. The maximum atomic E-state index is 12.9. The summed E-state index contributed by atoms with van der Waals surface area (Å²) < 4.78 is 0. The molecule has 1 atom stereocenters. The predicted molar refractivity (Wildman–Crippen MR) is 119 cm³/mol. The van der Waals surface area contributed by atoms with Crippen LogP contribution in [0.15, 0.2) is 29.1 Å². The molecule has 1 aromatic carbocycles. The van der Waals surface area contributed by atoms with Crippen molar-refractivity contribution in [2.45, 2.75) is 47.2 Å². The van der Waals surface area contributed by atoms with E-state index in [1.807, 2.05) is 46.8 Å². The second kappa shape index (κ2) is 8.88. The van der Waals surface area contributed by atoms with Crippen LogP contribution in [0.5, 0.6) is 0 Å². The average Bonchev–Trinajstić information content (AvgIpc) is 2.97. The first-order valence-corrected chi connectivity index (χ1v) is 10.8. The summed E-state index contributed by atoms with van der Waals surface area (Å²) in [5.74, 6) is 0.627. The van der Waals surface area contributed by atoms with Crippen molar-refractivity contribution in [3.8, 4) is 11.1 Å². The number of benzene rings is 1. The number of carbonyl (C=O) groups is 1. The maximum absolute atomic E-state index is 12.9. The summed E-state index contributed by atoms with van der Waals surface area (Å²) in [4.78, 5) is 35.6. The number of aromatic amines is 1. The molecule has 29 heavy (non-hydrogen) atoms. The molecule has 2 aromatic heterocycles. The fourth-order valence-electron chi connectivity index (χ4n) is 3.46. The van der Waals surface area contributed by atoms with Crippen LogP contribution in [0.25, 0.3) is 21.3 Å². The minimum absolute atomic E-state index is 0.00824. The van der Waals surface area contributed by atoms with Crippen LogP contribution >= 0.6 is 11.3 Å². The average molecular weight is 414 g/mol. The van der Waals surface area contributed by atoms with Crippen molar-refractivity contribution in [3.05, 3.63) is 50.9 Å². The van der Waals surface area contributed by atoms with Gasteiger partial charge in [0.1, 0.15) is 11.4 Å². The maximum Gasteiger partial charge on any atom is 0.275 e. The van der Waals surface area contributed by atoms with Crippen molar-refractivity contribution in [1.82, 2.24) is 15.3 Å². The number of aryl methyl sites for hydroxylation is 2. The minimum Gasteiger partial charge on any atom is -0.349 e. The lowest BCUT2D eigenvalue weighted by atomic mass is 10.0. The van der Waals surface area contributed by atoms with Gasteiger partial charge in [0.15, 0.2) is 12.4 Å². The van der Waals surface area contributed by atoms with Gasteiger partial charge in [-0.2, -0.15) is 0 Å². The molecule has 1 unspecified atom stereocenters. The van der Waals surface area contributed by atoms with Gasteiger partial charge in [-0.05, 0) is 40.2 Å². The number of likely N-dealkylation sites (N-methyl/N-ethyl adjacent to an activating group) is 1. The molecule has 1 amide bonds. The molecule has 3 rings (SSSR count). The van der Waals surface area contributed by atoms with Crippen LogP contribution in [0.3, 0.4) is 0 Å². The second-order valence-electron chi connectivity index (χ2n) is 7.77. The number of carbonyl (C=O) groups excluding carboxylic acids is 1. The van der Waals surface area contributed by atoms with Crippen molar-refractivity contribution in [1.29, 1.82) is 0 Å². The summed E-state index contributed by atoms with van der Waals surface area (Å²) in [5, 5.41) is 3.57. The standard InChI is InChI=1S/C22H28N4O2S/c1-6-26(12-18(27)23-13(2)3)11-17-24-21(28)20-19(15(5)29-22(20)25-17)16-9-7-14(4)8-10-16/h7-10,13H,6,11-12H2,1-5H3,(H,23,27)(H,24,25,28)/p+1. The van der Waals surface area contributed by atoms with Gasteiger partial charge in [-0.15, -0.1) is 11.3 Å². The molecule has 7 heteroatoms. The first-order valence-electron chi connectivity index (χ1n) is 10.0. The first kappa shape index (κ1) is 21.2. The summed E-state index contributed by atoms with van der Waals surface area (Å²) in [5.41, 5.74) is 3.06. The summed E-state index contributed by atoms with van der Waals surface area (Å²) in [6.07, 6.45) is 0. The van der Waals surface area contributed by atoms with Gasteiger partial charge in [0.2, 0.25) is 0 Å². The number of fused-ring (bicyclic) bond motifs is 1. The number of amides is 1. The molecule has 3 aromatic rings. The normalized spacial score (nSPS) is 12.5. The van der Waals surface area contributed by atoms with Gasteiger partial charge in [0.25, 0.3) is 11.5 Å². The zero-order valence-corrected chi connectivity index (χ0v) is 18.5. The van der Waals surface area contributed by atoms with E-state index in [4.69, 9.17) is 4.98 Å². The van der Waals surface area contributed by atoms with E-state index in [1.54, 1.807) is 11.3 Å². The second-order valence-corrected chi connectivity index (χ2v) is 8.97. The Kier molecular flexibility index (Phi) is 6.49. The molecule has 2 heterocycles. The SMILES string of the molecule is CC[NH+](CC(=O)NC(C)C)Cc1nc2sc(C)c(-c3ccc(C)cc3)c2c(=O)[nH]1. The van der Waals surface area contributed by atoms with E-state index in [1.165, 1.54) is 5.56 Å². The van der Waals surface area contributed by atoms with E-state index in [2.05, 4.69) is 22.4 Å². The number of hydrogen-bond donors (Lipinski definition) is 3. The zero-order chi connectivity index (χ0) is 21.1. The van der Waals surface area contributed by atoms with E-state index >= 15 is 0 Å². The van der Waals surface area contributed by atoms with E-state index in [0.29, 0.717) is 24.3 Å². The molecular formula is C22H29N4O2S+. The van der Waals surface area contributed by atoms with E-state index < -0.39 is 0 Å². The van der Waals surface area contributed by atoms with Crippen LogP contribution in [-0.2, 0) is 11.3 Å². The molecule has 0 spiro atoms. The van der Waals surface area contributed by atoms with Crippen molar-refractivity contribution < 1.29 is 9.69 Å². The van der Waals surface area contributed by atoms with Crippen molar-refractivity contribution in [3.63, 3.8) is 0 Å². The van der Waals surface area contributed by atoms with Crippen LogP contribution in [-0.4, -0.2) is 35.0 Å². The molecule has 0 aliphatic carbocycles. The molecule has 0 saturated heterocycles. The van der Waals surface area contributed by atoms with E-state index in [0.717, 1.165) is 32.3 Å². The smallest absolute Gasteiger partial charge is 0.275 e. The summed E-state index contributed by atoms with van der Waals surface area (Å²) in [7, 11) is 0. The van der Waals surface area contributed by atoms with Gasteiger partial charge in [-0.3, -0.25) is 9.59 Å². The lowest BCUT2D eigenvalue weighted by molar-refractivity contribution is -0.904. The van der Waals surface area contributed by atoms with Gasteiger partial charge in [0.05, 0.1) is 11.9 Å². The Morgan fingerprint density at radius 2 is 1.93 bits per heavy atom. The fourth-order valence-corrected chi connectivity index (χ4v) is 4.53. The highest BCUT2D eigenvalue weighted by Gasteiger charge is 2.19. The van der Waals surface area contributed by atoms with Gasteiger partial charge in [-0.25, -0.2) is 4.98 Å². The Hall–Kier alpha value is -2.51. The molecule has 3 N–H and O–H groups in total. The number of quaternary nitrogens is 1. The van der Waals surface area contributed by atoms with Gasteiger partial charge >= 0.3 is 0 Å². The van der Waals surface area contributed by atoms with Crippen LogP contribution in [0.1, 0.15) is 37.0 Å². The Balaban J connectivity index is 1.91. The number of aromatic nitrogens is 2. The van der Waals surface area contributed by atoms with Crippen LogP contribution in [0.2, 0.25) is 0 Å². The number of nitrogens with one attached hydrogen (secondary N) is 3.